The van der Waals surface area contributed by atoms with Crippen LogP contribution in [-0.4, -0.2) is 21.7 Å². The molecule has 28 heavy (non-hydrogen) atoms. The van der Waals surface area contributed by atoms with Crippen LogP contribution in [0.5, 0.6) is 11.5 Å². The Hall–Kier alpha value is -3.93. The molecule has 0 fully saturated rings. The van der Waals surface area contributed by atoms with Gasteiger partial charge in [-0.25, -0.2) is 10.4 Å². The van der Waals surface area contributed by atoms with Gasteiger partial charge in [0.2, 0.25) is 0 Å². The van der Waals surface area contributed by atoms with Crippen LogP contribution in [0.4, 0.5) is 0 Å². The number of amides is 1. The molecule has 138 valence electrons. The number of ether oxygens (including phenoxy) is 1. The predicted molar refractivity (Wildman–Crippen MR) is 108 cm³/mol. The molecule has 6 nitrogen and oxygen atoms in total. The highest BCUT2D eigenvalue weighted by molar-refractivity contribution is 5.84. The number of para-hydroxylation sites is 3. The molecule has 4 aromatic rings. The number of fused-ring (bicyclic) bond motifs is 1. The number of aromatic nitrogens is 2. The summed E-state index contributed by atoms with van der Waals surface area (Å²) in [6.07, 6.45) is 3.24. The highest BCUT2D eigenvalue weighted by Gasteiger charge is 2.06. The van der Waals surface area contributed by atoms with Gasteiger partial charge in [-0.15, -0.1) is 0 Å². The fourth-order valence-electron chi connectivity index (χ4n) is 2.79. The number of hydrogen-bond acceptors (Lipinski definition) is 4. The third-order valence-electron chi connectivity index (χ3n) is 4.08. The lowest BCUT2D eigenvalue weighted by molar-refractivity contribution is -0.121. The van der Waals surface area contributed by atoms with Crippen LogP contribution in [0.1, 0.15) is 5.56 Å². The Balaban J connectivity index is 1.36. The van der Waals surface area contributed by atoms with Gasteiger partial charge in [0.25, 0.3) is 5.91 Å². The number of hydrogen-bond donors (Lipinski definition) is 1. The number of carbonyl (C=O) groups excluding carboxylic acids is 1. The summed E-state index contributed by atoms with van der Waals surface area (Å²) >= 11 is 0. The zero-order chi connectivity index (χ0) is 19.2. The lowest BCUT2D eigenvalue weighted by Crippen LogP contribution is -2.22. The minimum absolute atomic E-state index is 0.148. The van der Waals surface area contributed by atoms with Crippen molar-refractivity contribution in [2.24, 2.45) is 5.10 Å². The predicted octanol–water partition coefficient (Wildman–Crippen LogP) is 3.98. The van der Waals surface area contributed by atoms with Crippen LogP contribution in [0.25, 0.3) is 11.0 Å². The molecule has 4 rings (SSSR count). The van der Waals surface area contributed by atoms with Crippen LogP contribution >= 0.6 is 0 Å². The van der Waals surface area contributed by atoms with E-state index in [4.69, 9.17) is 4.74 Å². The average molecular weight is 370 g/mol. The number of benzene rings is 3. The first-order valence-corrected chi connectivity index (χ1v) is 8.83. The quantitative estimate of drug-likeness (QED) is 0.412. The Morgan fingerprint density at radius 3 is 2.68 bits per heavy atom. The number of rotatable bonds is 6. The largest absolute Gasteiger partial charge is 0.457 e. The van der Waals surface area contributed by atoms with Gasteiger partial charge in [-0.2, -0.15) is 5.10 Å². The van der Waals surface area contributed by atoms with E-state index in [2.05, 4.69) is 15.5 Å². The summed E-state index contributed by atoms with van der Waals surface area (Å²) < 4.78 is 7.58. The van der Waals surface area contributed by atoms with Crippen molar-refractivity contribution in [3.63, 3.8) is 0 Å². The zero-order valence-electron chi connectivity index (χ0n) is 15.0. The van der Waals surface area contributed by atoms with Gasteiger partial charge in [0.05, 0.1) is 23.6 Å². The van der Waals surface area contributed by atoms with Crippen molar-refractivity contribution in [1.29, 1.82) is 0 Å². The van der Waals surface area contributed by atoms with Gasteiger partial charge in [-0.3, -0.25) is 4.79 Å². The van der Waals surface area contributed by atoms with E-state index in [9.17, 15) is 4.79 Å². The molecule has 0 aliphatic rings. The molecule has 0 aliphatic carbocycles. The maximum absolute atomic E-state index is 12.2. The summed E-state index contributed by atoms with van der Waals surface area (Å²) in [5.74, 6) is 1.24. The topological polar surface area (TPSA) is 68.5 Å². The molecule has 6 heteroatoms. The average Bonchev–Trinajstić information content (AvgIpc) is 3.12. The number of nitrogens with one attached hydrogen (secondary N) is 1. The van der Waals surface area contributed by atoms with Gasteiger partial charge in [-0.1, -0.05) is 42.5 Å². The summed E-state index contributed by atoms with van der Waals surface area (Å²) in [4.78, 5) is 16.4. The molecule has 0 saturated carbocycles. The molecule has 1 N–H and O–H groups in total. The van der Waals surface area contributed by atoms with E-state index in [1.807, 2.05) is 78.9 Å². The van der Waals surface area contributed by atoms with E-state index in [0.29, 0.717) is 5.75 Å². The van der Waals surface area contributed by atoms with Crippen molar-refractivity contribution in [2.45, 2.75) is 6.54 Å². The highest BCUT2D eigenvalue weighted by atomic mass is 16.5. The second kappa shape index (κ2) is 8.18. The van der Waals surface area contributed by atoms with Gasteiger partial charge < -0.3 is 9.30 Å². The summed E-state index contributed by atoms with van der Waals surface area (Å²) in [6, 6.07) is 24.7. The fourth-order valence-corrected chi connectivity index (χ4v) is 2.79. The third kappa shape index (κ3) is 4.24. The van der Waals surface area contributed by atoms with Gasteiger partial charge in [0.15, 0.2) is 0 Å². The fraction of sp³-hybridized carbons (Fsp3) is 0.0455. The molecule has 1 heterocycles. The molecule has 0 bridgehead atoms. The molecule has 0 unspecified atom stereocenters. The van der Waals surface area contributed by atoms with Crippen molar-refractivity contribution < 1.29 is 9.53 Å². The molecular weight excluding hydrogens is 352 g/mol. The Morgan fingerprint density at radius 2 is 1.79 bits per heavy atom. The number of carbonyl (C=O) groups is 1. The number of imidazole rings is 1. The summed E-state index contributed by atoms with van der Waals surface area (Å²) in [6.45, 7) is 0.148. The lowest BCUT2D eigenvalue weighted by atomic mass is 10.2. The van der Waals surface area contributed by atoms with E-state index in [0.717, 1.165) is 22.3 Å². The molecule has 0 aliphatic heterocycles. The highest BCUT2D eigenvalue weighted by Crippen LogP contribution is 2.21. The Labute approximate surface area is 162 Å². The second-order valence-electron chi connectivity index (χ2n) is 6.14. The Bertz CT molecular complexity index is 1120. The Kier molecular flexibility index (Phi) is 5.11. The number of hydrazone groups is 1. The maximum Gasteiger partial charge on any atom is 0.260 e. The van der Waals surface area contributed by atoms with Gasteiger partial charge in [0.1, 0.15) is 18.0 Å². The van der Waals surface area contributed by atoms with Crippen LogP contribution < -0.4 is 10.2 Å². The number of nitrogens with zero attached hydrogens (tertiary/aromatic N) is 3. The van der Waals surface area contributed by atoms with E-state index in [1.54, 1.807) is 17.1 Å². The molecule has 0 radical (unpaired) electrons. The molecule has 0 saturated heterocycles. The van der Waals surface area contributed by atoms with Crippen molar-refractivity contribution in [3.05, 3.63) is 90.8 Å². The molecule has 1 amide bonds. The van der Waals surface area contributed by atoms with Crippen molar-refractivity contribution in [3.8, 4) is 11.5 Å². The summed E-state index contributed by atoms with van der Waals surface area (Å²) in [5.41, 5.74) is 5.13. The van der Waals surface area contributed by atoms with E-state index in [1.165, 1.54) is 0 Å². The van der Waals surface area contributed by atoms with Crippen LogP contribution in [0.15, 0.2) is 90.3 Å². The molecule has 1 aromatic heterocycles. The van der Waals surface area contributed by atoms with Crippen molar-refractivity contribution >= 4 is 23.2 Å². The summed E-state index contributed by atoms with van der Waals surface area (Å²) in [5, 5.41) is 4.04. The minimum Gasteiger partial charge on any atom is -0.457 e. The standard InChI is InChI=1S/C22H18N4O2/c27-22(15-26-16-23-20-11-4-5-12-21(20)26)25-24-14-17-7-6-10-19(13-17)28-18-8-2-1-3-9-18/h1-14,16H,15H2,(H,25,27)/b24-14+. The van der Waals surface area contributed by atoms with Crippen molar-refractivity contribution in [2.75, 3.05) is 0 Å². The minimum atomic E-state index is -0.226. The van der Waals surface area contributed by atoms with E-state index >= 15 is 0 Å². The normalized spacial score (nSPS) is 11.0. The van der Waals surface area contributed by atoms with Crippen LogP contribution in [0.3, 0.4) is 0 Å². The first-order chi connectivity index (χ1) is 13.8. The van der Waals surface area contributed by atoms with Crippen molar-refractivity contribution in [1.82, 2.24) is 15.0 Å². The van der Waals surface area contributed by atoms with Crippen LogP contribution in [0, 0.1) is 0 Å². The lowest BCUT2D eigenvalue weighted by Gasteiger charge is -2.06. The summed E-state index contributed by atoms with van der Waals surface area (Å²) in [7, 11) is 0. The van der Waals surface area contributed by atoms with E-state index < -0.39 is 0 Å². The van der Waals surface area contributed by atoms with Crippen LogP contribution in [-0.2, 0) is 11.3 Å². The van der Waals surface area contributed by atoms with Crippen LogP contribution in [0.2, 0.25) is 0 Å². The first-order valence-electron chi connectivity index (χ1n) is 8.83. The SMILES string of the molecule is O=C(Cn1cnc2ccccc21)N/N=C/c1cccc(Oc2ccccc2)c1. The van der Waals surface area contributed by atoms with E-state index in [-0.39, 0.29) is 12.5 Å². The van der Waals surface area contributed by atoms with Gasteiger partial charge >= 0.3 is 0 Å². The Morgan fingerprint density at radius 1 is 1.00 bits per heavy atom. The molecular formula is C22H18N4O2. The second-order valence-corrected chi connectivity index (χ2v) is 6.14. The molecule has 3 aromatic carbocycles. The molecule has 0 atom stereocenters. The maximum atomic E-state index is 12.2. The first kappa shape index (κ1) is 17.5. The monoisotopic (exact) mass is 370 g/mol. The molecule has 0 spiro atoms. The van der Waals surface area contributed by atoms with Gasteiger partial charge in [-0.05, 0) is 42.0 Å². The smallest absolute Gasteiger partial charge is 0.260 e. The van der Waals surface area contributed by atoms with Gasteiger partial charge in [0, 0.05) is 0 Å². The zero-order valence-corrected chi connectivity index (χ0v) is 15.0. The third-order valence-corrected chi connectivity index (χ3v) is 4.08.